The van der Waals surface area contributed by atoms with Crippen LogP contribution in [0.5, 0.6) is 0 Å². The summed E-state index contributed by atoms with van der Waals surface area (Å²) in [7, 11) is 3.69. The van der Waals surface area contributed by atoms with E-state index >= 15 is 0 Å². The van der Waals surface area contributed by atoms with E-state index in [0.29, 0.717) is 11.3 Å². The molecule has 102 valence electrons. The van der Waals surface area contributed by atoms with E-state index in [0.717, 1.165) is 0 Å². The van der Waals surface area contributed by atoms with Gasteiger partial charge in [0.05, 0.1) is 0 Å². The molecule has 0 aliphatic carbocycles. The molecule has 4 nitrogen and oxygen atoms in total. The van der Waals surface area contributed by atoms with Gasteiger partial charge in [-0.3, -0.25) is 9.20 Å². The smallest absolute Gasteiger partial charge is 0.207 e. The second-order valence-corrected chi connectivity index (χ2v) is 4.18. The molecule has 0 spiro atoms. The SMILES string of the molecule is CC.CN(C)/C=C/C(=O)c1c(Cl)nc2ccccn12. The highest BCUT2D eigenvalue weighted by molar-refractivity contribution is 6.33. The maximum absolute atomic E-state index is 12.0. The zero-order valence-electron chi connectivity index (χ0n) is 11.6. The third-order valence-electron chi connectivity index (χ3n) is 2.24. The summed E-state index contributed by atoms with van der Waals surface area (Å²) < 4.78 is 1.69. The molecule has 2 aromatic heterocycles. The van der Waals surface area contributed by atoms with Crippen LogP contribution in [-0.4, -0.2) is 34.2 Å². The number of allylic oxidation sites excluding steroid dienone is 1. The van der Waals surface area contributed by atoms with Crippen LogP contribution in [0.25, 0.3) is 5.65 Å². The van der Waals surface area contributed by atoms with Crippen LogP contribution < -0.4 is 0 Å². The van der Waals surface area contributed by atoms with Gasteiger partial charge in [-0.15, -0.1) is 0 Å². The lowest BCUT2D eigenvalue weighted by molar-refractivity contribution is 0.104. The molecule has 19 heavy (non-hydrogen) atoms. The van der Waals surface area contributed by atoms with Gasteiger partial charge in [0, 0.05) is 32.6 Å². The number of halogens is 1. The van der Waals surface area contributed by atoms with Gasteiger partial charge < -0.3 is 4.90 Å². The first kappa shape index (κ1) is 15.2. The molecular formula is C14H18ClN3O. The van der Waals surface area contributed by atoms with Gasteiger partial charge in [-0.25, -0.2) is 4.98 Å². The molecule has 5 heteroatoms. The number of carbonyl (C=O) groups excluding carboxylic acids is 1. The number of nitrogens with zero attached hydrogens (tertiary/aromatic N) is 3. The molecular weight excluding hydrogens is 262 g/mol. The van der Waals surface area contributed by atoms with Crippen LogP contribution in [0.1, 0.15) is 24.3 Å². The van der Waals surface area contributed by atoms with Crippen molar-refractivity contribution in [2.24, 2.45) is 0 Å². The lowest BCUT2D eigenvalue weighted by Crippen LogP contribution is -2.05. The van der Waals surface area contributed by atoms with Crippen LogP contribution >= 0.6 is 11.6 Å². The number of rotatable bonds is 3. The standard InChI is InChI=1S/C12H12ClN3O.C2H6/c1-15(2)8-6-9(17)11-12(13)14-10-5-3-4-7-16(10)11;1-2/h3-8H,1-2H3;1-2H3/b8-6+;. The van der Waals surface area contributed by atoms with E-state index in [4.69, 9.17) is 11.6 Å². The van der Waals surface area contributed by atoms with Gasteiger partial charge in [-0.05, 0) is 12.1 Å². The fourth-order valence-corrected chi connectivity index (χ4v) is 1.75. The summed E-state index contributed by atoms with van der Waals surface area (Å²) in [6, 6.07) is 5.48. The first-order valence-corrected chi connectivity index (χ1v) is 6.49. The fourth-order valence-electron chi connectivity index (χ4n) is 1.48. The Balaban J connectivity index is 0.000000861. The molecule has 2 heterocycles. The van der Waals surface area contributed by atoms with Crippen LogP contribution in [0.4, 0.5) is 0 Å². The Morgan fingerprint density at radius 3 is 2.68 bits per heavy atom. The summed E-state index contributed by atoms with van der Waals surface area (Å²) in [6.07, 6.45) is 4.92. The van der Waals surface area contributed by atoms with Crippen molar-refractivity contribution < 1.29 is 4.79 Å². The summed E-state index contributed by atoms with van der Waals surface area (Å²) >= 11 is 5.98. The van der Waals surface area contributed by atoms with E-state index in [2.05, 4.69) is 4.98 Å². The van der Waals surface area contributed by atoms with E-state index in [1.54, 1.807) is 27.8 Å². The third kappa shape index (κ3) is 3.58. The van der Waals surface area contributed by atoms with Gasteiger partial charge in [-0.2, -0.15) is 0 Å². The Bertz CT molecular complexity index is 587. The van der Waals surface area contributed by atoms with Crippen molar-refractivity contribution in [1.82, 2.24) is 14.3 Å². The van der Waals surface area contributed by atoms with Crippen molar-refractivity contribution in [2.45, 2.75) is 13.8 Å². The number of hydrogen-bond donors (Lipinski definition) is 0. The zero-order chi connectivity index (χ0) is 14.4. The normalized spacial score (nSPS) is 10.4. The number of hydrogen-bond acceptors (Lipinski definition) is 3. The second kappa shape index (κ2) is 6.95. The molecule has 0 aliphatic rings. The third-order valence-corrected chi connectivity index (χ3v) is 2.51. The molecule has 0 amide bonds. The molecule has 2 aromatic rings. The highest BCUT2D eigenvalue weighted by Gasteiger charge is 2.15. The maximum Gasteiger partial charge on any atom is 0.207 e. The average Bonchev–Trinajstić information content (AvgIpc) is 2.74. The Hall–Kier alpha value is -1.81. The zero-order valence-corrected chi connectivity index (χ0v) is 12.3. The van der Waals surface area contributed by atoms with Crippen LogP contribution in [0.3, 0.4) is 0 Å². The van der Waals surface area contributed by atoms with E-state index < -0.39 is 0 Å². The van der Waals surface area contributed by atoms with E-state index in [1.807, 2.05) is 40.1 Å². The molecule has 0 saturated carbocycles. The fraction of sp³-hybridized carbons (Fsp3) is 0.286. The topological polar surface area (TPSA) is 37.6 Å². The summed E-state index contributed by atoms with van der Waals surface area (Å²) in [5.74, 6) is -0.164. The number of fused-ring (bicyclic) bond motifs is 1. The Labute approximate surface area is 118 Å². The van der Waals surface area contributed by atoms with E-state index in [-0.39, 0.29) is 10.9 Å². The summed E-state index contributed by atoms with van der Waals surface area (Å²) in [5, 5.41) is 0.226. The molecule has 0 saturated heterocycles. The quantitative estimate of drug-likeness (QED) is 0.639. The molecule has 0 atom stereocenters. The first-order chi connectivity index (χ1) is 9.09. The monoisotopic (exact) mass is 279 g/mol. The predicted octanol–water partition coefficient (Wildman–Crippen LogP) is 3.27. The summed E-state index contributed by atoms with van der Waals surface area (Å²) in [5.41, 5.74) is 1.06. The molecule has 0 aromatic carbocycles. The molecule has 0 bridgehead atoms. The van der Waals surface area contributed by atoms with Crippen LogP contribution in [0.15, 0.2) is 36.7 Å². The van der Waals surface area contributed by atoms with Crippen molar-refractivity contribution >= 4 is 23.0 Å². The summed E-state index contributed by atoms with van der Waals surface area (Å²) in [4.78, 5) is 17.9. The number of imidazole rings is 1. The van der Waals surface area contributed by atoms with Crippen LogP contribution in [0.2, 0.25) is 5.15 Å². The van der Waals surface area contributed by atoms with Crippen molar-refractivity contribution in [3.05, 3.63) is 47.5 Å². The molecule has 0 aliphatic heterocycles. The molecule has 0 N–H and O–H groups in total. The largest absolute Gasteiger partial charge is 0.383 e. The van der Waals surface area contributed by atoms with Crippen molar-refractivity contribution in [2.75, 3.05) is 14.1 Å². The Morgan fingerprint density at radius 1 is 1.37 bits per heavy atom. The number of pyridine rings is 1. The van der Waals surface area contributed by atoms with Gasteiger partial charge in [0.15, 0.2) is 5.15 Å². The predicted molar refractivity (Wildman–Crippen MR) is 78.7 cm³/mol. The minimum Gasteiger partial charge on any atom is -0.383 e. The van der Waals surface area contributed by atoms with Gasteiger partial charge >= 0.3 is 0 Å². The van der Waals surface area contributed by atoms with Crippen LogP contribution in [0, 0.1) is 0 Å². The minimum absolute atomic E-state index is 0.164. The van der Waals surface area contributed by atoms with Crippen molar-refractivity contribution in [3.63, 3.8) is 0 Å². The Morgan fingerprint density at radius 2 is 2.05 bits per heavy atom. The molecule has 2 rings (SSSR count). The van der Waals surface area contributed by atoms with Gasteiger partial charge in [-0.1, -0.05) is 31.5 Å². The number of aromatic nitrogens is 2. The number of ketones is 1. The second-order valence-electron chi connectivity index (χ2n) is 3.82. The maximum atomic E-state index is 12.0. The molecule has 0 fully saturated rings. The van der Waals surface area contributed by atoms with Gasteiger partial charge in [0.25, 0.3) is 0 Å². The van der Waals surface area contributed by atoms with E-state index in [9.17, 15) is 4.79 Å². The summed E-state index contributed by atoms with van der Waals surface area (Å²) in [6.45, 7) is 4.00. The van der Waals surface area contributed by atoms with Crippen molar-refractivity contribution in [3.8, 4) is 0 Å². The lowest BCUT2D eigenvalue weighted by Gasteiger charge is -2.02. The first-order valence-electron chi connectivity index (χ1n) is 6.11. The van der Waals surface area contributed by atoms with Crippen molar-refractivity contribution in [1.29, 1.82) is 0 Å². The Kier molecular flexibility index (Phi) is 5.57. The highest BCUT2D eigenvalue weighted by Crippen LogP contribution is 2.18. The van der Waals surface area contributed by atoms with Crippen LogP contribution in [-0.2, 0) is 0 Å². The van der Waals surface area contributed by atoms with Gasteiger partial charge in [0.2, 0.25) is 5.78 Å². The number of carbonyl (C=O) groups is 1. The lowest BCUT2D eigenvalue weighted by atomic mass is 10.3. The molecule has 0 unspecified atom stereocenters. The molecule has 0 radical (unpaired) electrons. The van der Waals surface area contributed by atoms with E-state index in [1.165, 1.54) is 6.08 Å². The highest BCUT2D eigenvalue weighted by atomic mass is 35.5. The minimum atomic E-state index is -0.164. The average molecular weight is 280 g/mol. The van der Waals surface area contributed by atoms with Gasteiger partial charge in [0.1, 0.15) is 11.3 Å².